The van der Waals surface area contributed by atoms with Crippen molar-refractivity contribution in [3.63, 3.8) is 0 Å². The van der Waals surface area contributed by atoms with Crippen molar-refractivity contribution < 1.29 is 29.0 Å². The molecule has 0 amide bonds. The van der Waals surface area contributed by atoms with Crippen LogP contribution in [0.4, 0.5) is 0 Å². The summed E-state index contributed by atoms with van der Waals surface area (Å²) in [7, 11) is 0. The highest BCUT2D eigenvalue weighted by Gasteiger charge is 2.51. The van der Waals surface area contributed by atoms with Gasteiger partial charge < -0.3 is 14.6 Å². The molecule has 0 radical (unpaired) electrons. The molecule has 6 heteroatoms. The molecule has 3 rings (SSSR count). The van der Waals surface area contributed by atoms with Gasteiger partial charge in [-0.2, -0.15) is 0 Å². The Kier molecular flexibility index (Phi) is 3.07. The summed E-state index contributed by atoms with van der Waals surface area (Å²) < 4.78 is 9.80. The topological polar surface area (TPSA) is 93.2 Å². The van der Waals surface area contributed by atoms with Crippen molar-refractivity contribution in [2.75, 3.05) is 13.2 Å². The van der Waals surface area contributed by atoms with E-state index in [1.807, 2.05) is 0 Å². The van der Waals surface area contributed by atoms with E-state index in [2.05, 4.69) is 0 Å². The van der Waals surface area contributed by atoms with Crippen molar-refractivity contribution in [2.45, 2.75) is 24.5 Å². The largest absolute Gasteiger partial charge is 0.459 e. The molecule has 0 aromatic rings. The first kappa shape index (κ1) is 13.2. The quantitative estimate of drug-likeness (QED) is 0.330. The van der Waals surface area contributed by atoms with Crippen LogP contribution in [0.2, 0.25) is 0 Å². The number of hydrogen-bond acceptors (Lipinski definition) is 6. The molecule has 0 spiro atoms. The molecule has 2 aliphatic carbocycles. The zero-order valence-corrected chi connectivity index (χ0v) is 10.7. The highest BCUT2D eigenvalue weighted by Crippen LogP contribution is 2.36. The van der Waals surface area contributed by atoms with Crippen molar-refractivity contribution >= 4 is 17.5 Å². The van der Waals surface area contributed by atoms with Crippen LogP contribution >= 0.6 is 0 Å². The highest BCUT2D eigenvalue weighted by molar-refractivity contribution is 6.27. The number of carbonyl (C=O) groups is 3. The van der Waals surface area contributed by atoms with Gasteiger partial charge in [-0.05, 0) is 25.0 Å². The minimum Gasteiger partial charge on any atom is -0.459 e. The van der Waals surface area contributed by atoms with Crippen LogP contribution in [0, 0.1) is 5.92 Å². The summed E-state index contributed by atoms with van der Waals surface area (Å²) in [5.41, 5.74) is -2.30. The molecule has 1 N–H and O–H groups in total. The van der Waals surface area contributed by atoms with Gasteiger partial charge in [-0.1, -0.05) is 6.08 Å². The number of epoxide rings is 1. The highest BCUT2D eigenvalue weighted by atomic mass is 16.6. The van der Waals surface area contributed by atoms with Crippen molar-refractivity contribution in [1.29, 1.82) is 0 Å². The average molecular weight is 278 g/mol. The normalized spacial score (nSPS) is 35.4. The number of hydrogen-bond donors (Lipinski definition) is 1. The molecular weight excluding hydrogens is 264 g/mol. The van der Waals surface area contributed by atoms with Crippen LogP contribution < -0.4 is 0 Å². The Morgan fingerprint density at radius 1 is 1.50 bits per heavy atom. The average Bonchev–Trinajstić information content (AvgIpc) is 3.24. The number of Topliss-reactive ketones (excluding diaryl/α,β-unsaturated/α-hetero) is 1. The molecule has 1 fully saturated rings. The summed E-state index contributed by atoms with van der Waals surface area (Å²) in [6, 6.07) is 0. The van der Waals surface area contributed by atoms with Crippen molar-refractivity contribution in [2.24, 2.45) is 5.92 Å². The molecule has 0 bridgehead atoms. The molecule has 1 saturated heterocycles. The Labute approximate surface area is 115 Å². The summed E-state index contributed by atoms with van der Waals surface area (Å²) >= 11 is 0. The fourth-order valence-corrected chi connectivity index (χ4v) is 2.54. The van der Waals surface area contributed by atoms with E-state index in [1.165, 1.54) is 6.08 Å². The maximum atomic E-state index is 12.3. The van der Waals surface area contributed by atoms with Crippen LogP contribution in [0.1, 0.15) is 12.8 Å². The number of allylic oxidation sites excluding steroid dienone is 2. The Hall–Kier alpha value is -1.79. The zero-order chi connectivity index (χ0) is 14.3. The van der Waals surface area contributed by atoms with Crippen LogP contribution in [0.25, 0.3) is 0 Å². The zero-order valence-electron chi connectivity index (χ0n) is 10.7. The number of esters is 1. The van der Waals surface area contributed by atoms with Crippen molar-refractivity contribution in [3.8, 4) is 0 Å². The number of fused-ring (bicyclic) bond motifs is 1. The van der Waals surface area contributed by atoms with Crippen molar-refractivity contribution in [1.82, 2.24) is 0 Å². The SMILES string of the molecule is O=C(OCC1CO1)C1=CC(=O)C2CCC=CC2(O)C1=O. The molecule has 6 nitrogen and oxygen atoms in total. The van der Waals surface area contributed by atoms with Crippen LogP contribution in [-0.2, 0) is 23.9 Å². The number of aliphatic hydroxyl groups is 1. The van der Waals surface area contributed by atoms with Crippen LogP contribution in [-0.4, -0.2) is 47.6 Å². The van der Waals surface area contributed by atoms with Gasteiger partial charge in [0, 0.05) is 0 Å². The van der Waals surface area contributed by atoms with E-state index in [1.54, 1.807) is 6.08 Å². The first-order valence-electron chi connectivity index (χ1n) is 6.51. The van der Waals surface area contributed by atoms with Gasteiger partial charge in [-0.3, -0.25) is 9.59 Å². The number of carbonyl (C=O) groups excluding carboxylic acids is 3. The predicted molar refractivity (Wildman–Crippen MR) is 65.6 cm³/mol. The molecule has 106 valence electrons. The lowest BCUT2D eigenvalue weighted by atomic mass is 9.69. The number of rotatable bonds is 3. The molecular formula is C14H14O6. The first-order valence-corrected chi connectivity index (χ1v) is 6.51. The maximum Gasteiger partial charge on any atom is 0.342 e. The molecule has 3 aliphatic rings. The van der Waals surface area contributed by atoms with E-state index in [9.17, 15) is 19.5 Å². The van der Waals surface area contributed by atoms with Gasteiger partial charge in [0.2, 0.25) is 5.78 Å². The lowest BCUT2D eigenvalue weighted by Crippen LogP contribution is -2.53. The predicted octanol–water partition coefficient (Wildman–Crippen LogP) is -0.296. The van der Waals surface area contributed by atoms with Crippen LogP contribution in [0.5, 0.6) is 0 Å². The van der Waals surface area contributed by atoms with Gasteiger partial charge in [0.25, 0.3) is 0 Å². The number of ketones is 2. The summed E-state index contributed by atoms with van der Waals surface area (Å²) in [4.78, 5) is 36.1. The van der Waals surface area contributed by atoms with Crippen LogP contribution in [0.3, 0.4) is 0 Å². The third-order valence-electron chi connectivity index (χ3n) is 3.79. The second kappa shape index (κ2) is 4.64. The molecule has 0 aromatic carbocycles. The van der Waals surface area contributed by atoms with Crippen molar-refractivity contribution in [3.05, 3.63) is 23.8 Å². The smallest absolute Gasteiger partial charge is 0.342 e. The second-order valence-corrected chi connectivity index (χ2v) is 5.20. The summed E-state index contributed by atoms with van der Waals surface area (Å²) in [5.74, 6) is -2.86. The molecule has 0 saturated carbocycles. The fourth-order valence-electron chi connectivity index (χ4n) is 2.54. The minimum atomic E-state index is -1.91. The Balaban J connectivity index is 1.84. The summed E-state index contributed by atoms with van der Waals surface area (Å²) in [6.07, 6.45) is 4.85. The third kappa shape index (κ3) is 2.10. The Bertz CT molecular complexity index is 542. The lowest BCUT2D eigenvalue weighted by molar-refractivity contribution is -0.149. The monoisotopic (exact) mass is 278 g/mol. The molecule has 1 aliphatic heterocycles. The second-order valence-electron chi connectivity index (χ2n) is 5.20. The molecule has 0 aromatic heterocycles. The third-order valence-corrected chi connectivity index (χ3v) is 3.79. The van der Waals surface area contributed by atoms with Gasteiger partial charge in [0.1, 0.15) is 18.3 Å². The van der Waals surface area contributed by atoms with Gasteiger partial charge in [-0.25, -0.2) is 4.79 Å². The standard InChI is InChI=1S/C14H14O6/c15-11-5-9(13(17)20-7-8-6-19-8)12(16)14(18)4-2-1-3-10(11)14/h2,4-5,8,10,18H,1,3,6-7H2. The van der Waals surface area contributed by atoms with E-state index < -0.39 is 29.1 Å². The summed E-state index contributed by atoms with van der Waals surface area (Å²) in [6.45, 7) is 0.573. The van der Waals surface area contributed by atoms with Gasteiger partial charge >= 0.3 is 5.97 Å². The molecule has 3 atom stereocenters. The van der Waals surface area contributed by atoms with Gasteiger partial charge in [-0.15, -0.1) is 0 Å². The fraction of sp³-hybridized carbons (Fsp3) is 0.500. The molecule has 3 unspecified atom stereocenters. The van der Waals surface area contributed by atoms with E-state index in [-0.39, 0.29) is 18.3 Å². The number of ether oxygens (including phenoxy) is 2. The van der Waals surface area contributed by atoms with E-state index in [0.29, 0.717) is 19.4 Å². The Morgan fingerprint density at radius 2 is 2.25 bits per heavy atom. The van der Waals surface area contributed by atoms with E-state index in [0.717, 1.165) is 6.08 Å². The molecule has 20 heavy (non-hydrogen) atoms. The minimum absolute atomic E-state index is 0.0509. The van der Waals surface area contributed by atoms with Crippen LogP contribution in [0.15, 0.2) is 23.8 Å². The summed E-state index contributed by atoms with van der Waals surface area (Å²) in [5, 5.41) is 10.4. The van der Waals surface area contributed by atoms with Gasteiger partial charge in [0.05, 0.1) is 12.5 Å². The van der Waals surface area contributed by atoms with E-state index in [4.69, 9.17) is 9.47 Å². The lowest BCUT2D eigenvalue weighted by Gasteiger charge is -2.36. The first-order chi connectivity index (χ1) is 9.52. The Morgan fingerprint density at radius 3 is 2.95 bits per heavy atom. The molecule has 1 heterocycles. The van der Waals surface area contributed by atoms with E-state index >= 15 is 0 Å². The maximum absolute atomic E-state index is 12.3. The van der Waals surface area contributed by atoms with Gasteiger partial charge in [0.15, 0.2) is 11.4 Å².